The largest absolute Gasteiger partial charge is 0.367 e. The van der Waals surface area contributed by atoms with Crippen LogP contribution in [0.3, 0.4) is 0 Å². The van der Waals surface area contributed by atoms with Gasteiger partial charge in [-0.2, -0.15) is 5.10 Å². The van der Waals surface area contributed by atoms with Gasteiger partial charge in [-0.25, -0.2) is 9.97 Å². The molecule has 2 aromatic heterocycles. The molecule has 0 aliphatic carbocycles. The van der Waals surface area contributed by atoms with E-state index in [1.807, 2.05) is 0 Å². The zero-order chi connectivity index (χ0) is 13.1. The number of hydrogen-bond donors (Lipinski definition) is 2. The van der Waals surface area contributed by atoms with Gasteiger partial charge < -0.3 is 10.6 Å². The van der Waals surface area contributed by atoms with Crippen LogP contribution in [0.25, 0.3) is 0 Å². The molecular formula is C9H11N7O2. The Hall–Kier alpha value is -2.71. The summed E-state index contributed by atoms with van der Waals surface area (Å²) in [6, 6.07) is 0. The molecule has 0 aliphatic rings. The van der Waals surface area contributed by atoms with Crippen molar-refractivity contribution in [2.75, 3.05) is 17.7 Å². The Morgan fingerprint density at radius 1 is 1.39 bits per heavy atom. The highest BCUT2D eigenvalue weighted by atomic mass is 16.6. The zero-order valence-corrected chi connectivity index (χ0v) is 9.78. The quantitative estimate of drug-likeness (QED) is 0.611. The maximum absolute atomic E-state index is 11.0. The molecule has 0 unspecified atom stereocenters. The van der Waals surface area contributed by atoms with Crippen LogP contribution in [0.15, 0.2) is 18.7 Å². The van der Waals surface area contributed by atoms with E-state index in [0.29, 0.717) is 5.69 Å². The number of anilines is 3. The molecule has 0 atom stereocenters. The van der Waals surface area contributed by atoms with Crippen molar-refractivity contribution in [2.24, 2.45) is 7.05 Å². The number of rotatable bonds is 4. The van der Waals surface area contributed by atoms with Crippen molar-refractivity contribution in [1.29, 1.82) is 0 Å². The van der Waals surface area contributed by atoms with Crippen LogP contribution < -0.4 is 10.6 Å². The molecule has 0 bridgehead atoms. The Labute approximate surface area is 102 Å². The van der Waals surface area contributed by atoms with Crippen molar-refractivity contribution >= 4 is 23.0 Å². The summed E-state index contributed by atoms with van der Waals surface area (Å²) in [4.78, 5) is 18.2. The molecule has 0 spiro atoms. The minimum absolute atomic E-state index is 0.118. The lowest BCUT2D eigenvalue weighted by atomic mass is 10.4. The molecule has 0 saturated heterocycles. The summed E-state index contributed by atoms with van der Waals surface area (Å²) in [5, 5.41) is 20.5. The van der Waals surface area contributed by atoms with Crippen molar-refractivity contribution in [3.8, 4) is 0 Å². The van der Waals surface area contributed by atoms with Gasteiger partial charge in [0.05, 0.1) is 16.8 Å². The fourth-order valence-electron chi connectivity index (χ4n) is 1.45. The Morgan fingerprint density at radius 2 is 2.11 bits per heavy atom. The predicted octanol–water partition coefficient (Wildman–Crippen LogP) is 0.904. The first-order valence-electron chi connectivity index (χ1n) is 5.04. The van der Waals surface area contributed by atoms with Crippen LogP contribution in [0.2, 0.25) is 0 Å². The van der Waals surface area contributed by atoms with Crippen LogP contribution >= 0.6 is 0 Å². The second kappa shape index (κ2) is 4.65. The van der Waals surface area contributed by atoms with Gasteiger partial charge in [0.1, 0.15) is 6.33 Å². The summed E-state index contributed by atoms with van der Waals surface area (Å²) in [5.41, 5.74) is 0.408. The summed E-state index contributed by atoms with van der Waals surface area (Å²) in [6.07, 6.45) is 4.48. The molecule has 9 nitrogen and oxygen atoms in total. The maximum Gasteiger partial charge on any atom is 0.353 e. The van der Waals surface area contributed by atoms with Crippen LogP contribution in [0.4, 0.5) is 23.0 Å². The molecule has 94 valence electrons. The van der Waals surface area contributed by atoms with Gasteiger partial charge >= 0.3 is 5.69 Å². The maximum atomic E-state index is 11.0. The van der Waals surface area contributed by atoms with Crippen LogP contribution in [0.1, 0.15) is 0 Å². The average Bonchev–Trinajstić information content (AvgIpc) is 2.74. The molecule has 18 heavy (non-hydrogen) atoms. The van der Waals surface area contributed by atoms with E-state index in [2.05, 4.69) is 25.7 Å². The molecule has 0 saturated carbocycles. The fraction of sp³-hybridized carbons (Fsp3) is 0.222. The second-order valence-electron chi connectivity index (χ2n) is 3.45. The predicted molar refractivity (Wildman–Crippen MR) is 64.7 cm³/mol. The molecule has 0 amide bonds. The number of aromatic nitrogens is 4. The lowest BCUT2D eigenvalue weighted by molar-refractivity contribution is -0.383. The molecule has 0 radical (unpaired) electrons. The summed E-state index contributed by atoms with van der Waals surface area (Å²) in [7, 11) is 3.31. The van der Waals surface area contributed by atoms with Crippen LogP contribution in [-0.4, -0.2) is 31.7 Å². The third-order valence-electron chi connectivity index (χ3n) is 2.21. The summed E-state index contributed by atoms with van der Waals surface area (Å²) < 4.78 is 1.58. The first kappa shape index (κ1) is 11.8. The van der Waals surface area contributed by atoms with Crippen molar-refractivity contribution in [2.45, 2.75) is 0 Å². The van der Waals surface area contributed by atoms with Gasteiger partial charge in [-0.05, 0) is 0 Å². The fourth-order valence-corrected chi connectivity index (χ4v) is 1.45. The third kappa shape index (κ3) is 2.19. The van der Waals surface area contributed by atoms with Gasteiger partial charge in [-0.3, -0.25) is 14.8 Å². The van der Waals surface area contributed by atoms with Crippen molar-refractivity contribution in [3.05, 3.63) is 28.8 Å². The van der Waals surface area contributed by atoms with E-state index in [4.69, 9.17) is 0 Å². The second-order valence-corrected chi connectivity index (χ2v) is 3.45. The monoisotopic (exact) mass is 249 g/mol. The molecule has 2 rings (SSSR count). The van der Waals surface area contributed by atoms with E-state index >= 15 is 0 Å². The molecule has 0 aromatic carbocycles. The lowest BCUT2D eigenvalue weighted by Crippen LogP contribution is -2.05. The molecule has 2 aromatic rings. The zero-order valence-electron chi connectivity index (χ0n) is 9.78. The summed E-state index contributed by atoms with van der Waals surface area (Å²) in [6.45, 7) is 0. The summed E-state index contributed by atoms with van der Waals surface area (Å²) >= 11 is 0. The number of nitro groups is 1. The molecule has 2 N–H and O–H groups in total. The SMILES string of the molecule is CNc1ncnc(Nc2cnn(C)c2)c1[N+](=O)[O-]. The van der Waals surface area contributed by atoms with E-state index in [-0.39, 0.29) is 17.3 Å². The number of hydrogen-bond acceptors (Lipinski definition) is 7. The highest BCUT2D eigenvalue weighted by molar-refractivity contribution is 5.73. The van der Waals surface area contributed by atoms with Gasteiger partial charge in [-0.1, -0.05) is 0 Å². The van der Waals surface area contributed by atoms with Crippen LogP contribution in [-0.2, 0) is 7.05 Å². The van der Waals surface area contributed by atoms with Gasteiger partial charge in [0, 0.05) is 20.3 Å². The van der Waals surface area contributed by atoms with Gasteiger partial charge in [0.25, 0.3) is 0 Å². The lowest BCUT2D eigenvalue weighted by Gasteiger charge is -2.06. The molecule has 0 fully saturated rings. The van der Waals surface area contributed by atoms with E-state index in [1.54, 1.807) is 31.2 Å². The Kier molecular flexibility index (Phi) is 3.04. The number of aryl methyl sites for hydroxylation is 1. The highest BCUT2D eigenvalue weighted by Crippen LogP contribution is 2.30. The number of nitrogens with zero attached hydrogens (tertiary/aromatic N) is 5. The van der Waals surface area contributed by atoms with E-state index in [1.165, 1.54) is 6.33 Å². The third-order valence-corrected chi connectivity index (χ3v) is 2.21. The average molecular weight is 249 g/mol. The molecule has 9 heteroatoms. The van der Waals surface area contributed by atoms with Crippen molar-refractivity contribution in [3.63, 3.8) is 0 Å². The van der Waals surface area contributed by atoms with Gasteiger partial charge in [-0.15, -0.1) is 0 Å². The van der Waals surface area contributed by atoms with Crippen LogP contribution in [0, 0.1) is 10.1 Å². The van der Waals surface area contributed by atoms with Crippen molar-refractivity contribution in [1.82, 2.24) is 19.7 Å². The van der Waals surface area contributed by atoms with E-state index < -0.39 is 4.92 Å². The van der Waals surface area contributed by atoms with E-state index in [9.17, 15) is 10.1 Å². The topological polar surface area (TPSA) is 111 Å². The first-order valence-corrected chi connectivity index (χ1v) is 5.04. The smallest absolute Gasteiger partial charge is 0.353 e. The molecule has 2 heterocycles. The van der Waals surface area contributed by atoms with Crippen molar-refractivity contribution < 1.29 is 4.92 Å². The number of nitrogens with one attached hydrogen (secondary N) is 2. The minimum Gasteiger partial charge on any atom is -0.367 e. The standard InChI is InChI=1S/C9H11N7O2/c1-10-8-7(16(17)18)9(12-5-11-8)14-6-3-13-15(2)4-6/h3-5H,1-2H3,(H2,10,11,12,14). The van der Waals surface area contributed by atoms with Crippen LogP contribution in [0.5, 0.6) is 0 Å². The summed E-state index contributed by atoms with van der Waals surface area (Å²) in [5.74, 6) is 0.272. The van der Waals surface area contributed by atoms with Gasteiger partial charge in [0.2, 0.25) is 11.6 Å². The Balaban J connectivity index is 2.41. The normalized spacial score (nSPS) is 10.1. The molecular weight excluding hydrogens is 238 g/mol. The first-order chi connectivity index (χ1) is 8.61. The minimum atomic E-state index is -0.537. The Bertz CT molecular complexity index is 580. The highest BCUT2D eigenvalue weighted by Gasteiger charge is 2.22. The Morgan fingerprint density at radius 3 is 2.67 bits per heavy atom. The van der Waals surface area contributed by atoms with E-state index in [0.717, 1.165) is 0 Å². The molecule has 0 aliphatic heterocycles. The van der Waals surface area contributed by atoms with Gasteiger partial charge in [0.15, 0.2) is 0 Å².